The average Bonchev–Trinajstić information content (AvgIpc) is 2.76. The summed E-state index contributed by atoms with van der Waals surface area (Å²) in [6, 6.07) is 6.85. The number of nitrogens with one attached hydrogen (secondary N) is 1. The van der Waals surface area contributed by atoms with Gasteiger partial charge in [-0.3, -0.25) is 0 Å². The molecule has 1 N–H and O–H groups in total. The third-order valence-electron chi connectivity index (χ3n) is 4.44. The first kappa shape index (κ1) is 14.4. The zero-order chi connectivity index (χ0) is 13.9. The number of nitrogens with zero attached hydrogens (tertiary/aromatic N) is 1. The quantitative estimate of drug-likeness (QED) is 0.871. The molecule has 1 aromatic rings. The first-order valence-corrected chi connectivity index (χ1v) is 7.49. The largest absolute Gasteiger partial charge is 0.374 e. The highest BCUT2D eigenvalue weighted by atomic mass is 15.1. The van der Waals surface area contributed by atoms with E-state index in [1.165, 1.54) is 42.5 Å². The van der Waals surface area contributed by atoms with Crippen molar-refractivity contribution in [3.8, 4) is 0 Å². The van der Waals surface area contributed by atoms with Crippen LogP contribution in [-0.2, 0) is 0 Å². The Balaban J connectivity index is 2.12. The van der Waals surface area contributed by atoms with Crippen molar-refractivity contribution in [2.24, 2.45) is 5.41 Å². The summed E-state index contributed by atoms with van der Waals surface area (Å²) in [5, 5.41) is 3.40. The lowest BCUT2D eigenvalue weighted by Crippen LogP contribution is -2.40. The summed E-state index contributed by atoms with van der Waals surface area (Å²) in [7, 11) is 4.32. The lowest BCUT2D eigenvalue weighted by atomic mass is 9.85. The summed E-state index contributed by atoms with van der Waals surface area (Å²) in [5.41, 5.74) is 4.55. The molecular formula is C17H28N2. The van der Waals surface area contributed by atoms with Gasteiger partial charge >= 0.3 is 0 Å². The van der Waals surface area contributed by atoms with Gasteiger partial charge < -0.3 is 10.2 Å². The van der Waals surface area contributed by atoms with Gasteiger partial charge in [-0.2, -0.15) is 0 Å². The molecule has 0 bridgehead atoms. The Bertz CT molecular complexity index is 399. The minimum Gasteiger partial charge on any atom is -0.374 e. The van der Waals surface area contributed by atoms with E-state index in [-0.39, 0.29) is 0 Å². The molecule has 2 heteroatoms. The highest BCUT2D eigenvalue weighted by Gasteiger charge is 2.34. The number of benzene rings is 1. The van der Waals surface area contributed by atoms with Crippen LogP contribution in [0, 0.1) is 19.3 Å². The Morgan fingerprint density at radius 3 is 2.21 bits per heavy atom. The molecule has 19 heavy (non-hydrogen) atoms. The molecule has 2 rings (SSSR count). The summed E-state index contributed by atoms with van der Waals surface area (Å²) < 4.78 is 0. The van der Waals surface area contributed by atoms with Gasteiger partial charge in [-0.05, 0) is 57.0 Å². The molecule has 0 heterocycles. The van der Waals surface area contributed by atoms with Gasteiger partial charge in [0.2, 0.25) is 0 Å². The summed E-state index contributed by atoms with van der Waals surface area (Å²) in [5.74, 6) is 0. The Kier molecular flexibility index (Phi) is 4.51. The normalized spacial score (nSPS) is 17.7. The van der Waals surface area contributed by atoms with Crippen LogP contribution >= 0.6 is 0 Å². The second-order valence-electron chi connectivity index (χ2n) is 6.44. The molecule has 1 aromatic carbocycles. The van der Waals surface area contributed by atoms with Crippen molar-refractivity contribution in [3.63, 3.8) is 0 Å². The van der Waals surface area contributed by atoms with Gasteiger partial charge in [0.15, 0.2) is 0 Å². The van der Waals surface area contributed by atoms with Gasteiger partial charge in [0, 0.05) is 31.2 Å². The molecule has 106 valence electrons. The van der Waals surface area contributed by atoms with Gasteiger partial charge in [-0.1, -0.05) is 18.9 Å². The van der Waals surface area contributed by atoms with Gasteiger partial charge in [0.1, 0.15) is 0 Å². The van der Waals surface area contributed by atoms with E-state index in [0.717, 1.165) is 13.1 Å². The summed E-state index contributed by atoms with van der Waals surface area (Å²) in [6.07, 6.45) is 5.51. The molecule has 0 spiro atoms. The van der Waals surface area contributed by atoms with Crippen LogP contribution in [0.25, 0.3) is 0 Å². The fourth-order valence-electron chi connectivity index (χ4n) is 3.66. The summed E-state index contributed by atoms with van der Waals surface area (Å²) in [6.45, 7) is 6.67. The predicted molar refractivity (Wildman–Crippen MR) is 84.0 cm³/mol. The third kappa shape index (κ3) is 3.50. The number of anilines is 1. The number of aryl methyl sites for hydroxylation is 2. The van der Waals surface area contributed by atoms with E-state index in [9.17, 15) is 0 Å². The van der Waals surface area contributed by atoms with Crippen LogP contribution in [0.3, 0.4) is 0 Å². The maximum atomic E-state index is 3.40. The highest BCUT2D eigenvalue weighted by Crippen LogP contribution is 2.39. The molecule has 0 aliphatic heterocycles. The molecule has 2 nitrogen and oxygen atoms in total. The Morgan fingerprint density at radius 2 is 1.68 bits per heavy atom. The lowest BCUT2D eigenvalue weighted by molar-refractivity contribution is 0.295. The van der Waals surface area contributed by atoms with E-state index in [2.05, 4.69) is 56.4 Å². The van der Waals surface area contributed by atoms with Crippen molar-refractivity contribution >= 4 is 5.69 Å². The average molecular weight is 260 g/mol. The Labute approximate surface area is 118 Å². The highest BCUT2D eigenvalue weighted by molar-refractivity contribution is 5.50. The maximum absolute atomic E-state index is 3.40. The molecule has 1 aliphatic carbocycles. The first-order valence-electron chi connectivity index (χ1n) is 7.49. The maximum Gasteiger partial charge on any atom is 0.0369 e. The van der Waals surface area contributed by atoms with Crippen molar-refractivity contribution < 1.29 is 0 Å². The molecule has 0 saturated heterocycles. The number of hydrogen-bond acceptors (Lipinski definition) is 2. The molecule has 0 amide bonds. The molecular weight excluding hydrogens is 232 g/mol. The van der Waals surface area contributed by atoms with Crippen LogP contribution in [0.15, 0.2) is 18.2 Å². The Morgan fingerprint density at radius 1 is 1.11 bits per heavy atom. The van der Waals surface area contributed by atoms with Gasteiger partial charge in [-0.15, -0.1) is 0 Å². The molecule has 0 radical (unpaired) electrons. The third-order valence-corrected chi connectivity index (χ3v) is 4.44. The SMILES string of the molecule is CNCC1(CN(C)c2cc(C)cc(C)c2)CCCC1. The minimum absolute atomic E-state index is 0.473. The summed E-state index contributed by atoms with van der Waals surface area (Å²) >= 11 is 0. The zero-order valence-electron chi connectivity index (χ0n) is 12.9. The van der Waals surface area contributed by atoms with Gasteiger partial charge in [0.05, 0.1) is 0 Å². The van der Waals surface area contributed by atoms with E-state index in [1.807, 2.05) is 0 Å². The van der Waals surface area contributed by atoms with Crippen molar-refractivity contribution in [2.75, 3.05) is 32.1 Å². The topological polar surface area (TPSA) is 15.3 Å². The molecule has 0 unspecified atom stereocenters. The van der Waals surface area contributed by atoms with E-state index < -0.39 is 0 Å². The second kappa shape index (κ2) is 5.96. The van der Waals surface area contributed by atoms with E-state index in [1.54, 1.807) is 0 Å². The Hall–Kier alpha value is -1.02. The van der Waals surface area contributed by atoms with E-state index in [0.29, 0.717) is 5.41 Å². The van der Waals surface area contributed by atoms with Gasteiger partial charge in [-0.25, -0.2) is 0 Å². The predicted octanol–water partition coefficient (Wildman–Crippen LogP) is 3.52. The van der Waals surface area contributed by atoms with Crippen molar-refractivity contribution in [3.05, 3.63) is 29.3 Å². The van der Waals surface area contributed by atoms with Crippen LogP contribution in [0.5, 0.6) is 0 Å². The number of rotatable bonds is 5. The smallest absolute Gasteiger partial charge is 0.0369 e. The number of hydrogen-bond donors (Lipinski definition) is 1. The van der Waals surface area contributed by atoms with E-state index >= 15 is 0 Å². The summed E-state index contributed by atoms with van der Waals surface area (Å²) in [4.78, 5) is 2.45. The first-order chi connectivity index (χ1) is 9.04. The fraction of sp³-hybridized carbons (Fsp3) is 0.647. The van der Waals surface area contributed by atoms with Crippen molar-refractivity contribution in [1.29, 1.82) is 0 Å². The van der Waals surface area contributed by atoms with Gasteiger partial charge in [0.25, 0.3) is 0 Å². The minimum atomic E-state index is 0.473. The lowest BCUT2D eigenvalue weighted by Gasteiger charge is -2.35. The van der Waals surface area contributed by atoms with Crippen molar-refractivity contribution in [1.82, 2.24) is 5.32 Å². The van der Waals surface area contributed by atoms with Crippen LogP contribution < -0.4 is 10.2 Å². The van der Waals surface area contributed by atoms with Crippen molar-refractivity contribution in [2.45, 2.75) is 39.5 Å². The molecule has 0 atom stereocenters. The standard InChI is InChI=1S/C17H28N2/c1-14-9-15(2)11-16(10-14)19(4)13-17(12-18-3)7-5-6-8-17/h9-11,18H,5-8,12-13H2,1-4H3. The molecule has 1 fully saturated rings. The molecule has 1 aliphatic rings. The zero-order valence-corrected chi connectivity index (χ0v) is 12.9. The molecule has 0 aromatic heterocycles. The monoisotopic (exact) mass is 260 g/mol. The van der Waals surface area contributed by atoms with Crippen LogP contribution in [-0.4, -0.2) is 27.2 Å². The molecule has 1 saturated carbocycles. The fourth-order valence-corrected chi connectivity index (χ4v) is 3.66. The van der Waals surface area contributed by atoms with Crippen LogP contribution in [0.4, 0.5) is 5.69 Å². The van der Waals surface area contributed by atoms with Crippen LogP contribution in [0.2, 0.25) is 0 Å². The van der Waals surface area contributed by atoms with E-state index in [4.69, 9.17) is 0 Å². The van der Waals surface area contributed by atoms with Crippen LogP contribution in [0.1, 0.15) is 36.8 Å². The second-order valence-corrected chi connectivity index (χ2v) is 6.44.